The molecule has 0 aliphatic heterocycles. The highest BCUT2D eigenvalue weighted by atomic mass is 32.1. The Labute approximate surface area is 179 Å². The van der Waals surface area contributed by atoms with Crippen molar-refractivity contribution in [3.8, 4) is 32.4 Å². The van der Waals surface area contributed by atoms with Gasteiger partial charge in [-0.2, -0.15) is 0 Å². The topological polar surface area (TPSA) is 18.5 Å². The van der Waals surface area contributed by atoms with Crippen LogP contribution in [-0.2, 0) is 0 Å². The third kappa shape index (κ3) is 6.64. The maximum atomic E-state index is 5.83. The Balaban J connectivity index is 1.60. The fourth-order valence-electron chi connectivity index (χ4n) is 2.90. The highest BCUT2D eigenvalue weighted by Gasteiger charge is 2.06. The predicted molar refractivity (Wildman–Crippen MR) is 125 cm³/mol. The fraction of sp³-hybridized carbons (Fsp3) is 0.385. The Morgan fingerprint density at radius 1 is 0.586 bits per heavy atom. The molecule has 0 N–H and O–H groups in total. The second kappa shape index (κ2) is 10.5. The molecule has 0 atom stereocenters. The molecule has 0 radical (unpaired) electrons. The molecule has 0 bridgehead atoms. The van der Waals surface area contributed by atoms with Crippen molar-refractivity contribution < 1.29 is 9.47 Å². The molecule has 3 heteroatoms. The van der Waals surface area contributed by atoms with Gasteiger partial charge in [0.2, 0.25) is 0 Å². The van der Waals surface area contributed by atoms with Gasteiger partial charge in [0.25, 0.3) is 0 Å². The SMILES string of the molecule is CC(C)CCOc1ccc(-c2ccc(-c3ccc(OCCC(C)C)cc3)s2)cc1. The molecule has 1 heterocycles. The molecule has 0 fully saturated rings. The minimum absolute atomic E-state index is 0.666. The third-order valence-electron chi connectivity index (χ3n) is 4.81. The van der Waals surface area contributed by atoms with Gasteiger partial charge in [-0.1, -0.05) is 27.7 Å². The van der Waals surface area contributed by atoms with Gasteiger partial charge in [0.05, 0.1) is 13.2 Å². The van der Waals surface area contributed by atoms with E-state index in [1.165, 1.54) is 20.9 Å². The van der Waals surface area contributed by atoms with Crippen LogP contribution in [-0.4, -0.2) is 13.2 Å². The zero-order valence-corrected chi connectivity index (χ0v) is 18.8. The molecule has 29 heavy (non-hydrogen) atoms. The molecule has 0 saturated carbocycles. The normalized spacial score (nSPS) is 11.2. The van der Waals surface area contributed by atoms with Gasteiger partial charge in [0.15, 0.2) is 0 Å². The predicted octanol–water partition coefficient (Wildman–Crippen LogP) is 7.93. The molecule has 0 aliphatic carbocycles. The zero-order valence-electron chi connectivity index (χ0n) is 18.0. The summed E-state index contributed by atoms with van der Waals surface area (Å²) in [7, 11) is 0. The molecular weight excluding hydrogens is 376 g/mol. The number of benzene rings is 2. The summed E-state index contributed by atoms with van der Waals surface area (Å²) in [5.41, 5.74) is 2.46. The highest BCUT2D eigenvalue weighted by Crippen LogP contribution is 2.35. The Morgan fingerprint density at radius 3 is 1.31 bits per heavy atom. The quantitative estimate of drug-likeness (QED) is 0.339. The molecule has 0 aliphatic rings. The van der Waals surface area contributed by atoms with Gasteiger partial charge < -0.3 is 9.47 Å². The first kappa shape index (κ1) is 21.4. The van der Waals surface area contributed by atoms with E-state index in [0.29, 0.717) is 11.8 Å². The second-order valence-corrected chi connectivity index (χ2v) is 9.36. The Morgan fingerprint density at radius 2 is 0.966 bits per heavy atom. The monoisotopic (exact) mass is 408 g/mol. The van der Waals surface area contributed by atoms with Gasteiger partial charge in [-0.25, -0.2) is 0 Å². The van der Waals surface area contributed by atoms with Gasteiger partial charge >= 0.3 is 0 Å². The Bertz CT molecular complexity index is 788. The first-order valence-corrected chi connectivity index (χ1v) is 11.4. The third-order valence-corrected chi connectivity index (χ3v) is 5.99. The van der Waals surface area contributed by atoms with Gasteiger partial charge in [-0.3, -0.25) is 0 Å². The smallest absolute Gasteiger partial charge is 0.119 e. The summed E-state index contributed by atoms with van der Waals surface area (Å²) in [6, 6.07) is 21.2. The van der Waals surface area contributed by atoms with E-state index in [9.17, 15) is 0 Å². The first-order chi connectivity index (χ1) is 14.0. The molecule has 1 aromatic heterocycles. The highest BCUT2D eigenvalue weighted by molar-refractivity contribution is 7.18. The molecule has 154 valence electrons. The van der Waals surface area contributed by atoms with E-state index < -0.39 is 0 Å². The van der Waals surface area contributed by atoms with Crippen LogP contribution < -0.4 is 9.47 Å². The molecule has 2 nitrogen and oxygen atoms in total. The van der Waals surface area contributed by atoms with Gasteiger partial charge in [-0.05, 0) is 96.5 Å². The summed E-state index contributed by atoms with van der Waals surface area (Å²) in [4.78, 5) is 2.54. The Kier molecular flexibility index (Phi) is 7.76. The van der Waals surface area contributed by atoms with Gasteiger partial charge in [-0.15, -0.1) is 11.3 Å². The largest absolute Gasteiger partial charge is 0.494 e. The molecular formula is C26H32O2S. The summed E-state index contributed by atoms with van der Waals surface area (Å²) >= 11 is 1.81. The van der Waals surface area contributed by atoms with E-state index in [-0.39, 0.29) is 0 Å². The van der Waals surface area contributed by atoms with E-state index in [4.69, 9.17) is 9.47 Å². The molecule has 0 amide bonds. The van der Waals surface area contributed by atoms with Crippen molar-refractivity contribution in [2.24, 2.45) is 11.8 Å². The molecule has 0 unspecified atom stereocenters. The number of ether oxygens (including phenoxy) is 2. The number of hydrogen-bond acceptors (Lipinski definition) is 3. The van der Waals surface area contributed by atoms with E-state index in [1.807, 2.05) is 11.3 Å². The first-order valence-electron chi connectivity index (χ1n) is 10.6. The lowest BCUT2D eigenvalue weighted by Crippen LogP contribution is -2.01. The van der Waals surface area contributed by atoms with Crippen molar-refractivity contribution in [2.75, 3.05) is 13.2 Å². The van der Waals surface area contributed by atoms with Gasteiger partial charge in [0.1, 0.15) is 11.5 Å². The van der Waals surface area contributed by atoms with Crippen LogP contribution in [0.3, 0.4) is 0 Å². The maximum Gasteiger partial charge on any atom is 0.119 e. The lowest BCUT2D eigenvalue weighted by atomic mass is 10.1. The average Bonchev–Trinajstić information content (AvgIpc) is 3.19. The number of rotatable bonds is 10. The average molecular weight is 409 g/mol. The summed E-state index contributed by atoms with van der Waals surface area (Å²) in [5, 5.41) is 0. The summed E-state index contributed by atoms with van der Waals surface area (Å²) in [5.74, 6) is 3.22. The van der Waals surface area contributed by atoms with Crippen molar-refractivity contribution in [1.82, 2.24) is 0 Å². The van der Waals surface area contributed by atoms with E-state index in [1.54, 1.807) is 0 Å². The van der Waals surface area contributed by atoms with Crippen molar-refractivity contribution in [1.29, 1.82) is 0 Å². The van der Waals surface area contributed by atoms with Crippen molar-refractivity contribution in [2.45, 2.75) is 40.5 Å². The summed E-state index contributed by atoms with van der Waals surface area (Å²) < 4.78 is 11.7. The molecule has 3 rings (SSSR count). The van der Waals surface area contributed by atoms with Crippen LogP contribution in [0.15, 0.2) is 60.7 Å². The zero-order chi connectivity index (χ0) is 20.6. The van der Waals surface area contributed by atoms with Crippen LogP contribution in [0.25, 0.3) is 20.9 Å². The van der Waals surface area contributed by atoms with Crippen molar-refractivity contribution in [3.63, 3.8) is 0 Å². The standard InChI is InChI=1S/C26H32O2S/c1-19(2)15-17-27-23-9-5-21(6-10-23)25-13-14-26(29-25)22-7-11-24(12-8-22)28-18-16-20(3)4/h5-14,19-20H,15-18H2,1-4H3. The van der Waals surface area contributed by atoms with E-state index >= 15 is 0 Å². The van der Waals surface area contributed by atoms with Crippen LogP contribution in [0, 0.1) is 11.8 Å². The van der Waals surface area contributed by atoms with Crippen molar-refractivity contribution >= 4 is 11.3 Å². The number of hydrogen-bond donors (Lipinski definition) is 0. The minimum Gasteiger partial charge on any atom is -0.494 e. The molecule has 0 spiro atoms. The van der Waals surface area contributed by atoms with Crippen LogP contribution >= 0.6 is 11.3 Å². The Hall–Kier alpha value is -2.26. The van der Waals surface area contributed by atoms with Crippen LogP contribution in [0.2, 0.25) is 0 Å². The van der Waals surface area contributed by atoms with Crippen LogP contribution in [0.5, 0.6) is 11.5 Å². The lowest BCUT2D eigenvalue weighted by molar-refractivity contribution is 0.289. The van der Waals surface area contributed by atoms with Gasteiger partial charge in [0, 0.05) is 9.75 Å². The molecule has 3 aromatic rings. The van der Waals surface area contributed by atoms with E-state index in [2.05, 4.69) is 88.4 Å². The van der Waals surface area contributed by atoms with Crippen LogP contribution in [0.1, 0.15) is 40.5 Å². The summed E-state index contributed by atoms with van der Waals surface area (Å²) in [6.07, 6.45) is 2.16. The lowest BCUT2D eigenvalue weighted by Gasteiger charge is -2.08. The maximum absolute atomic E-state index is 5.83. The van der Waals surface area contributed by atoms with Crippen molar-refractivity contribution in [3.05, 3.63) is 60.7 Å². The molecule has 2 aromatic carbocycles. The van der Waals surface area contributed by atoms with Crippen LogP contribution in [0.4, 0.5) is 0 Å². The fourth-order valence-corrected chi connectivity index (χ4v) is 3.92. The summed E-state index contributed by atoms with van der Waals surface area (Å²) in [6.45, 7) is 10.4. The molecule has 0 saturated heterocycles. The second-order valence-electron chi connectivity index (χ2n) is 8.27. The minimum atomic E-state index is 0.666. The number of thiophene rings is 1. The van der Waals surface area contributed by atoms with E-state index in [0.717, 1.165) is 37.6 Å².